The summed E-state index contributed by atoms with van der Waals surface area (Å²) >= 11 is 0. The lowest BCUT2D eigenvalue weighted by atomic mass is 9.96. The number of nitrogens with two attached hydrogens (primary N) is 1. The van der Waals surface area contributed by atoms with Crippen LogP contribution in [-0.2, 0) is 0 Å². The Balaban J connectivity index is 1.68. The molecule has 2 fully saturated rings. The smallest absolute Gasteiger partial charge is 0.261 e. The summed E-state index contributed by atoms with van der Waals surface area (Å²) in [6.45, 7) is 5.22. The molecule has 2 saturated heterocycles. The minimum absolute atomic E-state index is 0.0317. The van der Waals surface area contributed by atoms with Gasteiger partial charge in [0, 0.05) is 32.6 Å². The van der Waals surface area contributed by atoms with Crippen LogP contribution in [0.15, 0.2) is 0 Å². The number of piperidine rings is 1. The van der Waals surface area contributed by atoms with E-state index in [0.717, 1.165) is 39.0 Å². The van der Waals surface area contributed by atoms with Crippen LogP contribution in [-0.4, -0.2) is 61.5 Å². The molecule has 0 radical (unpaired) electrons. The summed E-state index contributed by atoms with van der Waals surface area (Å²) in [6.07, 6.45) is 2.29. The minimum atomic E-state index is -2.44. The Kier molecular flexibility index (Phi) is 4.33. The summed E-state index contributed by atoms with van der Waals surface area (Å²) in [5, 5.41) is 0. The van der Waals surface area contributed by atoms with Crippen molar-refractivity contribution in [3.8, 4) is 0 Å². The van der Waals surface area contributed by atoms with E-state index >= 15 is 0 Å². The first-order valence-electron chi connectivity index (χ1n) is 6.62. The van der Waals surface area contributed by atoms with Crippen molar-refractivity contribution in [3.63, 3.8) is 0 Å². The largest absolute Gasteiger partial charge is 0.329 e. The highest BCUT2D eigenvalue weighted by molar-refractivity contribution is 4.84. The zero-order valence-corrected chi connectivity index (χ0v) is 10.4. The molecule has 0 aromatic carbocycles. The first-order valence-corrected chi connectivity index (χ1v) is 6.62. The molecular formula is C12H23F2N3. The second kappa shape index (κ2) is 5.59. The molecule has 0 aromatic rings. The first kappa shape index (κ1) is 13.2. The summed E-state index contributed by atoms with van der Waals surface area (Å²) in [4.78, 5) is 4.30. The summed E-state index contributed by atoms with van der Waals surface area (Å²) in [5.41, 5.74) is 5.52. The lowest BCUT2D eigenvalue weighted by molar-refractivity contribution is 0.00971. The average Bonchev–Trinajstić information content (AvgIpc) is 2.61. The highest BCUT2D eigenvalue weighted by atomic mass is 19.3. The molecule has 3 nitrogen and oxygen atoms in total. The van der Waals surface area contributed by atoms with Crippen LogP contribution >= 0.6 is 0 Å². The van der Waals surface area contributed by atoms with Crippen molar-refractivity contribution in [1.82, 2.24) is 9.80 Å². The maximum atomic E-state index is 13.0. The van der Waals surface area contributed by atoms with Crippen molar-refractivity contribution in [1.29, 1.82) is 0 Å². The minimum Gasteiger partial charge on any atom is -0.329 e. The molecule has 0 bridgehead atoms. The average molecular weight is 247 g/mol. The second-order valence-electron chi connectivity index (χ2n) is 5.41. The molecule has 0 aromatic heterocycles. The fourth-order valence-corrected chi connectivity index (χ4v) is 2.90. The Bertz CT molecular complexity index is 240. The van der Waals surface area contributed by atoms with Gasteiger partial charge in [0.15, 0.2) is 0 Å². The van der Waals surface area contributed by atoms with Gasteiger partial charge in [0.25, 0.3) is 5.92 Å². The molecule has 0 amide bonds. The zero-order chi connectivity index (χ0) is 12.3. The third kappa shape index (κ3) is 3.86. The molecule has 0 atom stereocenters. The molecule has 17 heavy (non-hydrogen) atoms. The maximum absolute atomic E-state index is 13.0. The van der Waals surface area contributed by atoms with E-state index in [1.54, 1.807) is 0 Å². The molecule has 100 valence electrons. The zero-order valence-electron chi connectivity index (χ0n) is 10.4. The molecule has 0 aliphatic carbocycles. The summed E-state index contributed by atoms with van der Waals surface area (Å²) in [5.74, 6) is -1.85. The van der Waals surface area contributed by atoms with Crippen molar-refractivity contribution in [2.75, 3.05) is 45.8 Å². The van der Waals surface area contributed by atoms with Gasteiger partial charge in [-0.2, -0.15) is 0 Å². The van der Waals surface area contributed by atoms with E-state index in [2.05, 4.69) is 4.90 Å². The molecule has 5 heteroatoms. The van der Waals surface area contributed by atoms with Gasteiger partial charge in [0.05, 0.1) is 6.54 Å². The molecule has 0 saturated carbocycles. The molecule has 2 N–H and O–H groups in total. The van der Waals surface area contributed by atoms with Crippen LogP contribution in [0.2, 0.25) is 0 Å². The van der Waals surface area contributed by atoms with Gasteiger partial charge in [-0.1, -0.05) is 0 Å². The van der Waals surface area contributed by atoms with Gasteiger partial charge in [0.2, 0.25) is 0 Å². The van der Waals surface area contributed by atoms with E-state index in [1.165, 1.54) is 0 Å². The molecule has 2 rings (SSSR count). The Morgan fingerprint density at radius 2 is 1.82 bits per heavy atom. The summed E-state index contributed by atoms with van der Waals surface area (Å²) in [7, 11) is 0. The van der Waals surface area contributed by atoms with Crippen LogP contribution in [0.25, 0.3) is 0 Å². The topological polar surface area (TPSA) is 32.5 Å². The van der Waals surface area contributed by atoms with Gasteiger partial charge in [-0.3, -0.25) is 4.90 Å². The predicted molar refractivity (Wildman–Crippen MR) is 64.2 cm³/mol. The van der Waals surface area contributed by atoms with E-state index in [4.69, 9.17) is 5.73 Å². The van der Waals surface area contributed by atoms with Crippen molar-refractivity contribution in [3.05, 3.63) is 0 Å². The molecule has 0 unspecified atom stereocenters. The number of hydrogen-bond donors (Lipinski definition) is 1. The number of hydrogen-bond acceptors (Lipinski definition) is 3. The summed E-state index contributed by atoms with van der Waals surface area (Å²) < 4.78 is 26.1. The summed E-state index contributed by atoms with van der Waals surface area (Å²) in [6, 6.07) is 0. The van der Waals surface area contributed by atoms with Crippen molar-refractivity contribution < 1.29 is 8.78 Å². The molecular weight excluding hydrogens is 224 g/mol. The van der Waals surface area contributed by atoms with Crippen LogP contribution in [0.1, 0.15) is 19.3 Å². The Hall–Kier alpha value is -0.260. The van der Waals surface area contributed by atoms with Gasteiger partial charge in [-0.15, -0.1) is 0 Å². The SMILES string of the molecule is NCCN1CCC(CN2CCC(F)(F)C2)CC1. The number of likely N-dealkylation sites (tertiary alicyclic amines) is 2. The third-order valence-corrected chi connectivity index (χ3v) is 3.92. The Morgan fingerprint density at radius 3 is 2.35 bits per heavy atom. The van der Waals surface area contributed by atoms with E-state index < -0.39 is 5.92 Å². The Labute approximate surface area is 102 Å². The van der Waals surface area contributed by atoms with E-state index in [-0.39, 0.29) is 13.0 Å². The Morgan fingerprint density at radius 1 is 1.12 bits per heavy atom. The number of alkyl halides is 2. The van der Waals surface area contributed by atoms with E-state index in [1.807, 2.05) is 4.90 Å². The molecule has 0 spiro atoms. The molecule has 2 aliphatic rings. The van der Waals surface area contributed by atoms with Crippen LogP contribution in [0, 0.1) is 5.92 Å². The number of nitrogens with zero attached hydrogens (tertiary/aromatic N) is 2. The molecule has 2 aliphatic heterocycles. The first-order chi connectivity index (χ1) is 8.09. The van der Waals surface area contributed by atoms with Gasteiger partial charge >= 0.3 is 0 Å². The van der Waals surface area contributed by atoms with Gasteiger partial charge in [-0.25, -0.2) is 8.78 Å². The monoisotopic (exact) mass is 247 g/mol. The van der Waals surface area contributed by atoms with E-state index in [0.29, 0.717) is 19.0 Å². The fourth-order valence-electron chi connectivity index (χ4n) is 2.90. The van der Waals surface area contributed by atoms with E-state index in [9.17, 15) is 8.78 Å². The van der Waals surface area contributed by atoms with Gasteiger partial charge in [0.1, 0.15) is 0 Å². The predicted octanol–water partition coefficient (Wildman–Crippen LogP) is 0.998. The van der Waals surface area contributed by atoms with Crippen LogP contribution < -0.4 is 5.73 Å². The standard InChI is InChI=1S/C12H23F2N3/c13-12(14)3-7-17(10-12)9-11-1-5-16(6-2-11)8-4-15/h11H,1-10,15H2. The van der Waals surface area contributed by atoms with Crippen molar-refractivity contribution in [2.24, 2.45) is 11.7 Å². The number of halogens is 2. The second-order valence-corrected chi connectivity index (χ2v) is 5.41. The van der Waals surface area contributed by atoms with Crippen LogP contribution in [0.4, 0.5) is 8.78 Å². The van der Waals surface area contributed by atoms with Gasteiger partial charge < -0.3 is 10.6 Å². The maximum Gasteiger partial charge on any atom is 0.261 e. The highest BCUT2D eigenvalue weighted by Crippen LogP contribution is 2.28. The highest BCUT2D eigenvalue weighted by Gasteiger charge is 2.38. The lowest BCUT2D eigenvalue weighted by Crippen LogP contribution is -2.40. The quantitative estimate of drug-likeness (QED) is 0.804. The van der Waals surface area contributed by atoms with Crippen LogP contribution in [0.5, 0.6) is 0 Å². The lowest BCUT2D eigenvalue weighted by Gasteiger charge is -2.33. The molecule has 2 heterocycles. The van der Waals surface area contributed by atoms with Crippen LogP contribution in [0.3, 0.4) is 0 Å². The van der Waals surface area contributed by atoms with Crippen molar-refractivity contribution in [2.45, 2.75) is 25.2 Å². The number of rotatable bonds is 4. The fraction of sp³-hybridized carbons (Fsp3) is 1.00. The van der Waals surface area contributed by atoms with Crippen molar-refractivity contribution >= 4 is 0 Å². The third-order valence-electron chi connectivity index (χ3n) is 3.92. The normalized spacial score (nSPS) is 27.7. The van der Waals surface area contributed by atoms with Gasteiger partial charge in [-0.05, 0) is 31.8 Å².